The van der Waals surface area contributed by atoms with Crippen LogP contribution in [0.25, 0.3) is 0 Å². The van der Waals surface area contributed by atoms with Gasteiger partial charge in [0.05, 0.1) is 29.1 Å². The number of methoxy groups -OCH3 is 1. The lowest BCUT2D eigenvalue weighted by atomic mass is 10.3. The van der Waals surface area contributed by atoms with E-state index < -0.39 is 16.0 Å². The average molecular weight is 293 g/mol. The molecule has 8 heteroatoms. The van der Waals surface area contributed by atoms with Crippen LogP contribution in [-0.4, -0.2) is 28.0 Å². The van der Waals surface area contributed by atoms with E-state index in [0.717, 1.165) is 0 Å². The van der Waals surface area contributed by atoms with Gasteiger partial charge in [0.15, 0.2) is 0 Å². The van der Waals surface area contributed by atoms with Crippen molar-refractivity contribution in [2.75, 3.05) is 19.4 Å². The van der Waals surface area contributed by atoms with Crippen LogP contribution in [0.1, 0.15) is 6.42 Å². The molecule has 0 saturated carbocycles. The number of hydrogen-bond acceptors (Lipinski definition) is 5. The number of carbonyl (C=O) groups is 1. The Labute approximate surface area is 110 Å². The summed E-state index contributed by atoms with van der Waals surface area (Å²) in [6.07, 6.45) is -0.0429. The molecule has 0 amide bonds. The number of hydrogen-bond donors (Lipinski definition) is 2. The van der Waals surface area contributed by atoms with Gasteiger partial charge in [-0.2, -0.15) is 0 Å². The molecule has 6 nitrogen and oxygen atoms in total. The largest absolute Gasteiger partial charge is 0.469 e. The first-order chi connectivity index (χ1) is 8.36. The van der Waals surface area contributed by atoms with Gasteiger partial charge in [0.1, 0.15) is 0 Å². The molecule has 0 spiro atoms. The van der Waals surface area contributed by atoms with Crippen LogP contribution in [0.4, 0.5) is 5.69 Å². The van der Waals surface area contributed by atoms with E-state index >= 15 is 0 Å². The van der Waals surface area contributed by atoms with Gasteiger partial charge in [0, 0.05) is 6.54 Å². The maximum atomic E-state index is 11.8. The summed E-state index contributed by atoms with van der Waals surface area (Å²) < 4.78 is 30.3. The van der Waals surface area contributed by atoms with Crippen LogP contribution in [0.3, 0.4) is 0 Å². The number of benzene rings is 1. The molecule has 1 aromatic rings. The zero-order valence-corrected chi connectivity index (χ0v) is 11.2. The summed E-state index contributed by atoms with van der Waals surface area (Å²) >= 11 is 5.69. The molecule has 0 aliphatic heterocycles. The second-order valence-electron chi connectivity index (χ2n) is 3.41. The van der Waals surface area contributed by atoms with E-state index in [1.165, 1.54) is 25.3 Å². The number of anilines is 1. The molecule has 0 aromatic heterocycles. The van der Waals surface area contributed by atoms with E-state index in [1.807, 2.05) is 0 Å². The van der Waals surface area contributed by atoms with Crippen molar-refractivity contribution in [2.24, 2.45) is 0 Å². The third kappa shape index (κ3) is 3.86. The number of nitrogens with two attached hydrogens (primary N) is 1. The standard InChI is InChI=1S/C10H13ClN2O4S/c1-17-10(14)4-5-13-18(15,16)7-2-3-8(11)9(12)6-7/h2-3,6,13H,4-5,12H2,1H3. The molecule has 0 atom stereocenters. The van der Waals surface area contributed by atoms with E-state index in [4.69, 9.17) is 17.3 Å². The van der Waals surface area contributed by atoms with Crippen molar-refractivity contribution in [3.63, 3.8) is 0 Å². The molecule has 3 N–H and O–H groups in total. The minimum atomic E-state index is -3.70. The van der Waals surface area contributed by atoms with Crippen LogP contribution in [-0.2, 0) is 19.6 Å². The number of nitrogens with one attached hydrogen (secondary N) is 1. The minimum absolute atomic E-state index is 0.00531. The van der Waals surface area contributed by atoms with E-state index in [0.29, 0.717) is 0 Å². The van der Waals surface area contributed by atoms with Gasteiger partial charge in [0.25, 0.3) is 0 Å². The van der Waals surface area contributed by atoms with Crippen LogP contribution in [0.2, 0.25) is 5.02 Å². The Morgan fingerprint density at radius 2 is 2.17 bits per heavy atom. The number of halogens is 1. The molecule has 0 bridgehead atoms. The minimum Gasteiger partial charge on any atom is -0.469 e. The van der Waals surface area contributed by atoms with Crippen molar-refractivity contribution in [1.82, 2.24) is 4.72 Å². The molecule has 0 aliphatic rings. The lowest BCUT2D eigenvalue weighted by Crippen LogP contribution is -2.26. The van der Waals surface area contributed by atoms with E-state index in [2.05, 4.69) is 9.46 Å². The van der Waals surface area contributed by atoms with Gasteiger partial charge >= 0.3 is 5.97 Å². The maximum absolute atomic E-state index is 11.8. The van der Waals surface area contributed by atoms with Gasteiger partial charge in [-0.05, 0) is 18.2 Å². The van der Waals surface area contributed by atoms with Gasteiger partial charge < -0.3 is 10.5 Å². The van der Waals surface area contributed by atoms with Crippen molar-refractivity contribution in [3.8, 4) is 0 Å². The van der Waals surface area contributed by atoms with Crippen LogP contribution in [0.15, 0.2) is 23.1 Å². The first-order valence-electron chi connectivity index (χ1n) is 4.98. The fourth-order valence-corrected chi connectivity index (χ4v) is 2.35. The highest BCUT2D eigenvalue weighted by Gasteiger charge is 2.15. The Bertz CT molecular complexity index is 545. The Morgan fingerprint density at radius 3 is 2.72 bits per heavy atom. The summed E-state index contributed by atoms with van der Waals surface area (Å²) in [4.78, 5) is 10.8. The highest BCUT2D eigenvalue weighted by atomic mass is 35.5. The zero-order valence-electron chi connectivity index (χ0n) is 9.64. The summed E-state index contributed by atoms with van der Waals surface area (Å²) in [5, 5.41) is 0.281. The summed E-state index contributed by atoms with van der Waals surface area (Å²) in [6, 6.07) is 3.98. The van der Waals surface area contributed by atoms with Crippen molar-refractivity contribution >= 4 is 33.3 Å². The second kappa shape index (κ2) is 6.03. The SMILES string of the molecule is COC(=O)CCNS(=O)(=O)c1ccc(Cl)c(N)c1. The normalized spacial score (nSPS) is 11.2. The molecule has 0 heterocycles. The third-order valence-corrected chi connectivity index (χ3v) is 3.93. The summed E-state index contributed by atoms with van der Waals surface area (Å²) in [5.74, 6) is -0.492. The molecule has 1 rings (SSSR count). The second-order valence-corrected chi connectivity index (χ2v) is 5.58. The van der Waals surface area contributed by atoms with E-state index in [9.17, 15) is 13.2 Å². The Balaban J connectivity index is 2.74. The molecule has 0 saturated heterocycles. The van der Waals surface area contributed by atoms with Crippen molar-refractivity contribution < 1.29 is 17.9 Å². The molecule has 1 aromatic carbocycles. The molecule has 100 valence electrons. The summed E-state index contributed by atoms with van der Waals surface area (Å²) in [7, 11) is -2.47. The summed E-state index contributed by atoms with van der Waals surface area (Å²) in [5.41, 5.74) is 5.69. The summed E-state index contributed by atoms with van der Waals surface area (Å²) in [6.45, 7) is -0.0441. The van der Waals surface area contributed by atoms with Crippen molar-refractivity contribution in [3.05, 3.63) is 23.2 Å². The van der Waals surface area contributed by atoms with Gasteiger partial charge in [-0.3, -0.25) is 4.79 Å². The van der Waals surface area contributed by atoms with E-state index in [1.54, 1.807) is 0 Å². The Kier molecular flexibility index (Phi) is 4.94. The maximum Gasteiger partial charge on any atom is 0.306 e. The first kappa shape index (κ1) is 14.7. The van der Waals surface area contributed by atoms with Crippen LogP contribution >= 0.6 is 11.6 Å². The smallest absolute Gasteiger partial charge is 0.306 e. The molecule has 0 fully saturated rings. The number of sulfonamides is 1. The molecular weight excluding hydrogens is 280 g/mol. The number of rotatable bonds is 5. The molecule has 0 unspecified atom stereocenters. The molecule has 18 heavy (non-hydrogen) atoms. The number of nitrogen functional groups attached to an aromatic ring is 1. The van der Waals surface area contributed by atoms with Gasteiger partial charge in [0.2, 0.25) is 10.0 Å². The third-order valence-electron chi connectivity index (χ3n) is 2.13. The lowest BCUT2D eigenvalue weighted by Gasteiger charge is -2.07. The van der Waals surface area contributed by atoms with Crippen LogP contribution < -0.4 is 10.5 Å². The Morgan fingerprint density at radius 1 is 1.50 bits per heavy atom. The monoisotopic (exact) mass is 292 g/mol. The highest BCUT2D eigenvalue weighted by molar-refractivity contribution is 7.89. The predicted molar refractivity (Wildman–Crippen MR) is 67.7 cm³/mol. The van der Waals surface area contributed by atoms with Gasteiger partial charge in [-0.25, -0.2) is 13.1 Å². The highest BCUT2D eigenvalue weighted by Crippen LogP contribution is 2.21. The fourth-order valence-electron chi connectivity index (χ4n) is 1.16. The van der Waals surface area contributed by atoms with Gasteiger partial charge in [-0.1, -0.05) is 11.6 Å². The lowest BCUT2D eigenvalue weighted by molar-refractivity contribution is -0.140. The van der Waals surface area contributed by atoms with Crippen LogP contribution in [0, 0.1) is 0 Å². The Hall–Kier alpha value is -1.31. The fraction of sp³-hybridized carbons (Fsp3) is 0.300. The first-order valence-corrected chi connectivity index (χ1v) is 6.84. The van der Waals surface area contributed by atoms with Crippen molar-refractivity contribution in [1.29, 1.82) is 0 Å². The predicted octanol–water partition coefficient (Wildman–Crippen LogP) is 0.764. The molecular formula is C10H13ClN2O4S. The van der Waals surface area contributed by atoms with Crippen LogP contribution in [0.5, 0.6) is 0 Å². The quantitative estimate of drug-likeness (QED) is 0.617. The zero-order chi connectivity index (χ0) is 13.8. The topological polar surface area (TPSA) is 98.5 Å². The van der Waals surface area contributed by atoms with E-state index in [-0.39, 0.29) is 28.6 Å². The van der Waals surface area contributed by atoms with Crippen molar-refractivity contribution in [2.45, 2.75) is 11.3 Å². The molecule has 0 aliphatic carbocycles. The van der Waals surface area contributed by atoms with Gasteiger partial charge in [-0.15, -0.1) is 0 Å². The number of esters is 1. The molecule has 0 radical (unpaired) electrons. The average Bonchev–Trinajstić information content (AvgIpc) is 2.32. The number of ether oxygens (including phenoxy) is 1. The number of carbonyl (C=O) groups excluding carboxylic acids is 1.